The summed E-state index contributed by atoms with van der Waals surface area (Å²) in [4.78, 5) is 0. The smallest absolute Gasteiger partial charge is 0.380 e. The van der Waals surface area contributed by atoms with Gasteiger partial charge >= 0.3 is 7.87 Å². The molecule has 0 fully saturated rings. The fourth-order valence-corrected chi connectivity index (χ4v) is 4.04. The Morgan fingerprint density at radius 3 is 1.59 bits per heavy atom. The molecule has 0 N–H and O–H groups in total. The van der Waals surface area contributed by atoms with Crippen molar-refractivity contribution in [3.05, 3.63) is 12.3 Å². The number of halogens is 1. The molecule has 0 heterocycles. The Morgan fingerprint density at radius 1 is 0.909 bits per heavy atom. The molecule has 2 atom stereocenters. The molecule has 0 aromatic carbocycles. The van der Waals surface area contributed by atoms with E-state index in [1.54, 1.807) is 5.70 Å². The van der Waals surface area contributed by atoms with E-state index in [1.165, 1.54) is 38.5 Å². The minimum atomic E-state index is -2.72. The average Bonchev–Trinajstić information content (AvgIpc) is 2.55. The first-order valence-electron chi connectivity index (χ1n) is 9.15. The Kier molecular flexibility index (Phi) is 13.7. The van der Waals surface area contributed by atoms with E-state index in [2.05, 4.69) is 34.3 Å². The lowest BCUT2D eigenvalue weighted by Crippen LogP contribution is -2.37. The Labute approximate surface area is 144 Å². The largest absolute Gasteiger partial charge is 0.470 e. The molecule has 0 aliphatic heterocycles. The van der Waals surface area contributed by atoms with E-state index in [1.807, 2.05) is 0 Å². The molecule has 0 bridgehead atoms. The van der Waals surface area contributed by atoms with Crippen molar-refractivity contribution in [2.75, 3.05) is 13.2 Å². The minimum absolute atomic E-state index is 0.580. The lowest BCUT2D eigenvalue weighted by molar-refractivity contribution is 0.141. The Hall–Kier alpha value is 0.167. The lowest BCUT2D eigenvalue weighted by atomic mass is 10.0. The molecular formula is C18H37ClO2Si. The van der Waals surface area contributed by atoms with E-state index in [4.69, 9.17) is 19.9 Å². The topological polar surface area (TPSA) is 18.5 Å². The van der Waals surface area contributed by atoms with Crippen LogP contribution in [0.2, 0.25) is 0 Å². The van der Waals surface area contributed by atoms with Crippen molar-refractivity contribution in [2.24, 2.45) is 11.8 Å². The van der Waals surface area contributed by atoms with Crippen LogP contribution in [0.15, 0.2) is 12.3 Å². The third kappa shape index (κ3) is 10.0. The van der Waals surface area contributed by atoms with Crippen molar-refractivity contribution in [3.63, 3.8) is 0 Å². The predicted octanol–water partition coefficient (Wildman–Crippen LogP) is 6.36. The van der Waals surface area contributed by atoms with Crippen LogP contribution in [0.5, 0.6) is 0 Å². The van der Waals surface area contributed by atoms with Gasteiger partial charge in [0.15, 0.2) is 0 Å². The molecule has 2 nitrogen and oxygen atoms in total. The first-order chi connectivity index (χ1) is 10.5. The molecule has 0 aromatic heterocycles. The maximum absolute atomic E-state index is 6.57. The normalized spacial score (nSPS) is 17.0. The van der Waals surface area contributed by atoms with E-state index >= 15 is 0 Å². The summed E-state index contributed by atoms with van der Waals surface area (Å²) in [6.45, 7) is 14.1. The molecule has 0 saturated heterocycles. The second-order valence-electron chi connectivity index (χ2n) is 6.24. The van der Waals surface area contributed by atoms with Crippen LogP contribution in [0, 0.1) is 11.8 Å². The van der Waals surface area contributed by atoms with Gasteiger partial charge in [0.1, 0.15) is 0 Å². The first-order valence-corrected chi connectivity index (χ1v) is 12.1. The molecule has 2 unspecified atom stereocenters. The van der Waals surface area contributed by atoms with Crippen molar-refractivity contribution in [1.29, 1.82) is 0 Å². The molecule has 0 radical (unpaired) electrons. The van der Waals surface area contributed by atoms with E-state index < -0.39 is 7.87 Å². The highest BCUT2D eigenvalue weighted by Crippen LogP contribution is 2.22. The van der Waals surface area contributed by atoms with Gasteiger partial charge in [0, 0.05) is 13.2 Å². The second-order valence-corrected chi connectivity index (χ2v) is 9.97. The third-order valence-electron chi connectivity index (χ3n) is 4.36. The van der Waals surface area contributed by atoms with Gasteiger partial charge in [0.2, 0.25) is 0 Å². The van der Waals surface area contributed by atoms with E-state index in [0.717, 1.165) is 12.8 Å². The monoisotopic (exact) mass is 348 g/mol. The Bertz CT molecular complexity index is 254. The highest BCUT2D eigenvalue weighted by molar-refractivity contribution is 7.15. The SMILES string of the molecule is C=C[Si](Cl)(OCC(CC)CCCC)OCC(CC)CCCC. The molecular weight excluding hydrogens is 312 g/mol. The molecule has 0 saturated carbocycles. The summed E-state index contributed by atoms with van der Waals surface area (Å²) in [7, 11) is -2.72. The fourth-order valence-electron chi connectivity index (χ4n) is 2.42. The van der Waals surface area contributed by atoms with E-state index in [0.29, 0.717) is 25.0 Å². The van der Waals surface area contributed by atoms with Crippen LogP contribution in [0.25, 0.3) is 0 Å². The van der Waals surface area contributed by atoms with Crippen molar-refractivity contribution >= 4 is 18.9 Å². The number of unbranched alkanes of at least 4 members (excludes halogenated alkanes) is 2. The van der Waals surface area contributed by atoms with Crippen LogP contribution in [0.1, 0.15) is 79.1 Å². The summed E-state index contributed by atoms with van der Waals surface area (Å²) in [6, 6.07) is 0. The summed E-state index contributed by atoms with van der Waals surface area (Å²) in [6.07, 6.45) is 9.64. The Balaban J connectivity index is 4.28. The van der Waals surface area contributed by atoms with Crippen LogP contribution in [-0.2, 0) is 8.85 Å². The quantitative estimate of drug-likeness (QED) is 0.253. The second kappa shape index (κ2) is 13.6. The van der Waals surface area contributed by atoms with Gasteiger partial charge in [-0.15, -0.1) is 6.58 Å². The summed E-state index contributed by atoms with van der Waals surface area (Å²) in [5, 5.41) is 0. The molecule has 0 spiro atoms. The van der Waals surface area contributed by atoms with Gasteiger partial charge in [-0.05, 0) is 30.4 Å². The highest BCUT2D eigenvalue weighted by atomic mass is 35.6. The van der Waals surface area contributed by atoms with Crippen LogP contribution in [-0.4, -0.2) is 21.1 Å². The molecule has 132 valence electrons. The van der Waals surface area contributed by atoms with Crippen LogP contribution in [0.4, 0.5) is 0 Å². The fraction of sp³-hybridized carbons (Fsp3) is 0.889. The van der Waals surface area contributed by atoms with Gasteiger partial charge in [-0.2, -0.15) is 0 Å². The zero-order chi connectivity index (χ0) is 16.8. The summed E-state index contributed by atoms with van der Waals surface area (Å²) >= 11 is 6.57. The van der Waals surface area contributed by atoms with Gasteiger partial charge in [-0.3, -0.25) is 0 Å². The molecule has 0 amide bonds. The van der Waals surface area contributed by atoms with Crippen LogP contribution >= 0.6 is 11.1 Å². The third-order valence-corrected chi connectivity index (χ3v) is 7.09. The molecule has 0 aliphatic rings. The van der Waals surface area contributed by atoms with Gasteiger partial charge in [-0.1, -0.05) is 77.3 Å². The standard InChI is InChI=1S/C18H37ClO2Si/c1-6-11-13-17(8-3)15-20-22(19,10-5)21-16-18(9-4)14-12-7-2/h10,17-18H,5-9,11-16H2,1-4H3. The maximum Gasteiger partial charge on any atom is 0.470 e. The van der Waals surface area contributed by atoms with E-state index in [-0.39, 0.29) is 0 Å². The molecule has 0 rings (SSSR count). The van der Waals surface area contributed by atoms with Crippen LogP contribution in [0.3, 0.4) is 0 Å². The number of hydrogen-bond donors (Lipinski definition) is 0. The minimum Gasteiger partial charge on any atom is -0.380 e. The summed E-state index contributed by atoms with van der Waals surface area (Å²) < 4.78 is 12.0. The highest BCUT2D eigenvalue weighted by Gasteiger charge is 2.33. The first kappa shape index (κ1) is 22.2. The number of rotatable bonds is 15. The van der Waals surface area contributed by atoms with Gasteiger partial charge < -0.3 is 8.85 Å². The zero-order valence-electron chi connectivity index (χ0n) is 15.2. The van der Waals surface area contributed by atoms with Gasteiger partial charge in [-0.25, -0.2) is 0 Å². The number of hydrogen-bond acceptors (Lipinski definition) is 2. The lowest BCUT2D eigenvalue weighted by Gasteiger charge is -2.26. The van der Waals surface area contributed by atoms with Crippen molar-refractivity contribution in [2.45, 2.75) is 79.1 Å². The molecule has 0 aliphatic carbocycles. The molecule has 0 aromatic rings. The van der Waals surface area contributed by atoms with Crippen molar-refractivity contribution in [3.8, 4) is 0 Å². The predicted molar refractivity (Wildman–Crippen MR) is 100 cm³/mol. The van der Waals surface area contributed by atoms with Gasteiger partial charge in [0.05, 0.1) is 0 Å². The summed E-state index contributed by atoms with van der Waals surface area (Å²) in [5.74, 6) is 1.16. The van der Waals surface area contributed by atoms with E-state index in [9.17, 15) is 0 Å². The van der Waals surface area contributed by atoms with Crippen molar-refractivity contribution < 1.29 is 8.85 Å². The van der Waals surface area contributed by atoms with Crippen LogP contribution < -0.4 is 0 Å². The summed E-state index contributed by atoms with van der Waals surface area (Å²) in [5.41, 5.74) is 1.72. The zero-order valence-corrected chi connectivity index (χ0v) is 17.0. The van der Waals surface area contributed by atoms with Gasteiger partial charge in [0.25, 0.3) is 0 Å². The molecule has 4 heteroatoms. The Morgan fingerprint density at radius 2 is 1.32 bits per heavy atom. The molecule has 22 heavy (non-hydrogen) atoms. The average molecular weight is 349 g/mol. The van der Waals surface area contributed by atoms with Crippen molar-refractivity contribution in [1.82, 2.24) is 0 Å². The maximum atomic E-state index is 6.57.